The third kappa shape index (κ3) is 9.05. The van der Waals surface area contributed by atoms with Crippen LogP contribution in [0.4, 0.5) is 4.39 Å². The number of halogens is 1. The van der Waals surface area contributed by atoms with Gasteiger partial charge in [0.1, 0.15) is 31.1 Å². The van der Waals surface area contributed by atoms with Crippen molar-refractivity contribution in [2.45, 2.75) is 109 Å². The van der Waals surface area contributed by atoms with Gasteiger partial charge in [-0.3, -0.25) is 0 Å². The van der Waals surface area contributed by atoms with Gasteiger partial charge in [0.2, 0.25) is 5.79 Å². The summed E-state index contributed by atoms with van der Waals surface area (Å²) in [6.45, 7) is 9.49. The molecule has 0 unspecified atom stereocenters. The first-order valence-corrected chi connectivity index (χ1v) is 12.0. The molecule has 0 aliphatic carbocycles. The Hall–Kier alpha value is -0.310. The standard InChI is InChI=1S/C23H45FO6/c1-5-9-13-26-17-19-20(27-14-10-6-2)21(28-15-11-7-3)22(29-16-12-8-4)23(25,18-24)30-19/h19-22,25H,5-18H2,1-4H3/t19-,20+,21+,22-,23+/m1/s1. The van der Waals surface area contributed by atoms with Gasteiger partial charge in [-0.1, -0.05) is 53.4 Å². The molecule has 30 heavy (non-hydrogen) atoms. The second kappa shape index (κ2) is 16.3. The predicted octanol–water partition coefficient (Wildman–Crippen LogP) is 4.42. The van der Waals surface area contributed by atoms with Crippen molar-refractivity contribution in [1.82, 2.24) is 0 Å². The van der Waals surface area contributed by atoms with E-state index in [4.69, 9.17) is 23.7 Å². The molecule has 0 radical (unpaired) electrons. The van der Waals surface area contributed by atoms with E-state index in [1.807, 2.05) is 0 Å². The summed E-state index contributed by atoms with van der Waals surface area (Å²) in [6, 6.07) is 0. The van der Waals surface area contributed by atoms with Gasteiger partial charge in [-0.15, -0.1) is 0 Å². The zero-order valence-electron chi connectivity index (χ0n) is 19.6. The zero-order chi connectivity index (χ0) is 22.2. The number of aliphatic hydroxyl groups is 1. The van der Waals surface area contributed by atoms with Crippen molar-refractivity contribution in [2.75, 3.05) is 39.7 Å². The van der Waals surface area contributed by atoms with Crippen molar-refractivity contribution in [3.8, 4) is 0 Å². The number of hydrogen-bond donors (Lipinski definition) is 1. The SMILES string of the molecule is CCCCOC[C@H]1O[C@@](O)(CF)[C@H](OCCCC)[C@@H](OCCCC)[C@H]1OCCCC. The summed E-state index contributed by atoms with van der Waals surface area (Å²) in [5.74, 6) is -2.08. The molecule has 5 atom stereocenters. The summed E-state index contributed by atoms with van der Waals surface area (Å²) in [4.78, 5) is 0. The number of ether oxygens (including phenoxy) is 5. The number of rotatable bonds is 18. The highest BCUT2D eigenvalue weighted by atomic mass is 19.1. The Morgan fingerprint density at radius 3 is 1.80 bits per heavy atom. The van der Waals surface area contributed by atoms with Crippen molar-refractivity contribution in [2.24, 2.45) is 0 Å². The molecule has 1 heterocycles. The lowest BCUT2D eigenvalue weighted by Crippen LogP contribution is -2.68. The molecule has 1 rings (SSSR count). The second-order valence-electron chi connectivity index (χ2n) is 8.09. The Kier molecular flexibility index (Phi) is 15.1. The van der Waals surface area contributed by atoms with Gasteiger partial charge >= 0.3 is 0 Å². The average molecular weight is 437 g/mol. The van der Waals surface area contributed by atoms with Gasteiger partial charge in [0.15, 0.2) is 0 Å². The Labute approximate surface area is 182 Å². The van der Waals surface area contributed by atoms with Crippen LogP contribution in [0.2, 0.25) is 0 Å². The van der Waals surface area contributed by atoms with Crippen molar-refractivity contribution in [3.05, 3.63) is 0 Å². The Bertz CT molecular complexity index is 413. The average Bonchev–Trinajstić information content (AvgIpc) is 2.75. The van der Waals surface area contributed by atoms with Crippen molar-refractivity contribution in [3.63, 3.8) is 0 Å². The van der Waals surface area contributed by atoms with Gasteiger partial charge in [0.05, 0.1) is 6.61 Å². The third-order valence-electron chi connectivity index (χ3n) is 5.32. The van der Waals surface area contributed by atoms with Crippen molar-refractivity contribution >= 4 is 0 Å². The fraction of sp³-hybridized carbons (Fsp3) is 1.00. The molecule has 6 nitrogen and oxygen atoms in total. The number of alkyl halides is 1. The first kappa shape index (κ1) is 27.7. The molecule has 0 aromatic rings. The molecule has 0 amide bonds. The summed E-state index contributed by atoms with van der Waals surface area (Å²) in [7, 11) is 0. The van der Waals surface area contributed by atoms with Crippen LogP contribution in [0.15, 0.2) is 0 Å². The highest BCUT2D eigenvalue weighted by molar-refractivity contribution is 4.99. The summed E-state index contributed by atoms with van der Waals surface area (Å²) in [5, 5.41) is 11.0. The molecule has 0 aromatic heterocycles. The van der Waals surface area contributed by atoms with Gasteiger partial charge in [0, 0.05) is 26.4 Å². The van der Waals surface area contributed by atoms with Crippen LogP contribution in [0.3, 0.4) is 0 Å². The van der Waals surface area contributed by atoms with Gasteiger partial charge < -0.3 is 28.8 Å². The van der Waals surface area contributed by atoms with Gasteiger partial charge in [-0.05, 0) is 25.7 Å². The molecule has 1 N–H and O–H groups in total. The van der Waals surface area contributed by atoms with E-state index < -0.39 is 36.9 Å². The summed E-state index contributed by atoms with van der Waals surface area (Å²) in [5.41, 5.74) is 0. The molecule has 1 fully saturated rings. The van der Waals surface area contributed by atoms with E-state index in [1.54, 1.807) is 0 Å². The monoisotopic (exact) mass is 436 g/mol. The molecule has 0 aromatic carbocycles. The molecule has 0 spiro atoms. The molecular weight excluding hydrogens is 391 g/mol. The molecule has 1 saturated heterocycles. The zero-order valence-corrected chi connectivity index (χ0v) is 19.6. The van der Waals surface area contributed by atoms with E-state index in [9.17, 15) is 9.50 Å². The maximum absolute atomic E-state index is 14.0. The largest absolute Gasteiger partial charge is 0.379 e. The van der Waals surface area contributed by atoms with Crippen molar-refractivity contribution in [1.29, 1.82) is 0 Å². The minimum atomic E-state index is -2.08. The molecule has 1 aliphatic heterocycles. The maximum atomic E-state index is 14.0. The lowest BCUT2D eigenvalue weighted by molar-refractivity contribution is -0.369. The van der Waals surface area contributed by atoms with E-state index in [-0.39, 0.29) is 6.61 Å². The van der Waals surface area contributed by atoms with Crippen molar-refractivity contribution < 1.29 is 33.2 Å². The van der Waals surface area contributed by atoms with E-state index in [1.165, 1.54) is 0 Å². The van der Waals surface area contributed by atoms with Crippen LogP contribution >= 0.6 is 0 Å². The normalized spacial score (nSPS) is 29.4. The van der Waals surface area contributed by atoms with Crippen LogP contribution in [0.5, 0.6) is 0 Å². The lowest BCUT2D eigenvalue weighted by atomic mass is 9.92. The second-order valence-corrected chi connectivity index (χ2v) is 8.09. The van der Waals surface area contributed by atoms with Crippen LogP contribution in [-0.4, -0.2) is 75.0 Å². The first-order valence-electron chi connectivity index (χ1n) is 12.0. The van der Waals surface area contributed by atoms with Crippen LogP contribution in [0.1, 0.15) is 79.1 Å². The number of hydrogen-bond acceptors (Lipinski definition) is 6. The summed E-state index contributed by atoms with van der Waals surface area (Å²) < 4.78 is 43.9. The van der Waals surface area contributed by atoms with Gasteiger partial charge in [-0.2, -0.15) is 0 Å². The van der Waals surface area contributed by atoms with Gasteiger partial charge in [0.25, 0.3) is 0 Å². The van der Waals surface area contributed by atoms with E-state index in [2.05, 4.69) is 27.7 Å². The predicted molar refractivity (Wildman–Crippen MR) is 115 cm³/mol. The topological polar surface area (TPSA) is 66.4 Å². The van der Waals surface area contributed by atoms with E-state index >= 15 is 0 Å². The minimum absolute atomic E-state index is 0.217. The fourth-order valence-electron chi connectivity index (χ4n) is 3.41. The molecule has 7 heteroatoms. The lowest BCUT2D eigenvalue weighted by Gasteiger charge is -2.49. The maximum Gasteiger partial charge on any atom is 0.224 e. The van der Waals surface area contributed by atoms with Gasteiger partial charge in [-0.25, -0.2) is 4.39 Å². The van der Waals surface area contributed by atoms with Crippen LogP contribution in [0, 0.1) is 0 Å². The summed E-state index contributed by atoms with van der Waals surface area (Å²) >= 11 is 0. The smallest absolute Gasteiger partial charge is 0.224 e. The first-order chi connectivity index (χ1) is 14.6. The van der Waals surface area contributed by atoms with E-state index in [0.717, 1.165) is 51.4 Å². The summed E-state index contributed by atoms with van der Waals surface area (Å²) in [6.07, 6.45) is 4.74. The van der Waals surface area contributed by atoms with E-state index in [0.29, 0.717) is 26.4 Å². The molecule has 180 valence electrons. The van der Waals surface area contributed by atoms with Crippen LogP contribution in [0.25, 0.3) is 0 Å². The molecular formula is C23H45FO6. The Morgan fingerprint density at radius 1 is 0.767 bits per heavy atom. The molecule has 0 bridgehead atoms. The quantitative estimate of drug-likeness (QED) is 0.321. The minimum Gasteiger partial charge on any atom is -0.379 e. The van der Waals surface area contributed by atoms with Crippen LogP contribution in [-0.2, 0) is 23.7 Å². The Balaban J connectivity index is 3.05. The molecule has 1 aliphatic rings. The molecule has 0 saturated carbocycles. The fourth-order valence-corrected chi connectivity index (χ4v) is 3.41. The van der Waals surface area contributed by atoms with Crippen LogP contribution < -0.4 is 0 Å². The number of unbranched alkanes of at least 4 members (excludes halogenated alkanes) is 4. The highest BCUT2D eigenvalue weighted by Gasteiger charge is 2.56. The third-order valence-corrected chi connectivity index (χ3v) is 5.32. The Morgan fingerprint density at radius 2 is 1.27 bits per heavy atom. The highest BCUT2D eigenvalue weighted by Crippen LogP contribution is 2.35.